The summed E-state index contributed by atoms with van der Waals surface area (Å²) in [5, 5.41) is 4.42. The topological polar surface area (TPSA) is 30.2 Å². The first-order chi connectivity index (χ1) is 9.20. The van der Waals surface area contributed by atoms with Gasteiger partial charge in [-0.2, -0.15) is 5.10 Å². The van der Waals surface area contributed by atoms with E-state index in [0.717, 1.165) is 29.0 Å². The molecule has 0 amide bonds. The van der Waals surface area contributed by atoms with Gasteiger partial charge in [0, 0.05) is 12.6 Å². The Hall–Kier alpha value is -2.23. The summed E-state index contributed by atoms with van der Waals surface area (Å²) in [5.74, 6) is 0.589. The van der Waals surface area contributed by atoms with Gasteiger partial charge in [-0.3, -0.25) is 0 Å². The summed E-state index contributed by atoms with van der Waals surface area (Å²) in [7, 11) is 0. The molecule has 0 fully saturated rings. The Labute approximate surface area is 110 Å². The van der Waals surface area contributed by atoms with E-state index in [2.05, 4.69) is 10.1 Å². The molecule has 0 radical (unpaired) electrons. The lowest BCUT2D eigenvalue weighted by atomic mass is 10.1. The molecule has 2 heterocycles. The van der Waals surface area contributed by atoms with Crippen LogP contribution in [0.15, 0.2) is 42.6 Å². The summed E-state index contributed by atoms with van der Waals surface area (Å²) in [4.78, 5) is 4.45. The van der Waals surface area contributed by atoms with Crippen molar-refractivity contribution in [2.75, 3.05) is 0 Å². The summed E-state index contributed by atoms with van der Waals surface area (Å²) in [6, 6.07) is 10.6. The predicted octanol–water partition coefficient (Wildman–Crippen LogP) is 2.96. The molecular formula is C15H14FN3. The summed E-state index contributed by atoms with van der Waals surface area (Å²) >= 11 is 0. The highest BCUT2D eigenvalue weighted by molar-refractivity contribution is 5.38. The average Bonchev–Trinajstić information content (AvgIpc) is 2.78. The van der Waals surface area contributed by atoms with Gasteiger partial charge < -0.3 is 0 Å². The molecule has 96 valence electrons. The van der Waals surface area contributed by atoms with Crippen LogP contribution in [0.25, 0.3) is 5.65 Å². The molecule has 0 saturated carbocycles. The van der Waals surface area contributed by atoms with Crippen molar-refractivity contribution >= 4 is 5.65 Å². The minimum absolute atomic E-state index is 0.198. The highest BCUT2D eigenvalue weighted by Gasteiger charge is 2.04. The van der Waals surface area contributed by atoms with Gasteiger partial charge in [0.15, 0.2) is 11.5 Å². The van der Waals surface area contributed by atoms with Gasteiger partial charge in [-0.15, -0.1) is 0 Å². The Morgan fingerprint density at radius 3 is 2.89 bits per heavy atom. The van der Waals surface area contributed by atoms with Gasteiger partial charge in [-0.25, -0.2) is 13.9 Å². The Balaban J connectivity index is 1.78. The van der Waals surface area contributed by atoms with Gasteiger partial charge in [0.25, 0.3) is 0 Å². The second-order valence-electron chi connectivity index (χ2n) is 4.67. The van der Waals surface area contributed by atoms with Crippen molar-refractivity contribution in [3.05, 3.63) is 65.4 Å². The van der Waals surface area contributed by atoms with E-state index in [1.54, 1.807) is 16.6 Å². The maximum atomic E-state index is 13.1. The standard InChI is InChI=1S/C15H14FN3/c1-11-5-8-15-17-14(18-19(15)10-11)7-6-12-3-2-4-13(16)9-12/h2-5,8-10H,6-7H2,1H3. The number of aromatic nitrogens is 3. The van der Waals surface area contributed by atoms with E-state index < -0.39 is 0 Å². The smallest absolute Gasteiger partial charge is 0.155 e. The predicted molar refractivity (Wildman–Crippen MR) is 71.5 cm³/mol. The van der Waals surface area contributed by atoms with Crippen LogP contribution in [-0.4, -0.2) is 14.6 Å². The van der Waals surface area contributed by atoms with Crippen LogP contribution in [0.3, 0.4) is 0 Å². The van der Waals surface area contributed by atoms with E-state index in [1.807, 2.05) is 31.3 Å². The lowest BCUT2D eigenvalue weighted by Gasteiger charge is -1.98. The quantitative estimate of drug-likeness (QED) is 0.720. The van der Waals surface area contributed by atoms with E-state index in [4.69, 9.17) is 0 Å². The fourth-order valence-electron chi connectivity index (χ4n) is 2.09. The largest absolute Gasteiger partial charge is 0.221 e. The maximum Gasteiger partial charge on any atom is 0.155 e. The molecule has 4 heteroatoms. The van der Waals surface area contributed by atoms with Crippen molar-refractivity contribution in [3.8, 4) is 0 Å². The SMILES string of the molecule is Cc1ccc2nc(CCc3cccc(F)c3)nn2c1. The van der Waals surface area contributed by atoms with E-state index in [1.165, 1.54) is 6.07 Å². The second-order valence-corrected chi connectivity index (χ2v) is 4.67. The minimum atomic E-state index is -0.198. The van der Waals surface area contributed by atoms with Crippen LogP contribution >= 0.6 is 0 Å². The summed E-state index contributed by atoms with van der Waals surface area (Å²) in [5.41, 5.74) is 2.96. The van der Waals surface area contributed by atoms with Crippen LogP contribution in [0.4, 0.5) is 4.39 Å². The number of nitrogens with zero attached hydrogens (tertiary/aromatic N) is 3. The van der Waals surface area contributed by atoms with E-state index >= 15 is 0 Å². The molecule has 0 N–H and O–H groups in total. The van der Waals surface area contributed by atoms with E-state index in [9.17, 15) is 4.39 Å². The molecule has 0 bridgehead atoms. The zero-order valence-electron chi connectivity index (χ0n) is 10.7. The van der Waals surface area contributed by atoms with Crippen LogP contribution in [0.1, 0.15) is 17.0 Å². The van der Waals surface area contributed by atoms with Crippen LogP contribution < -0.4 is 0 Å². The van der Waals surface area contributed by atoms with Gasteiger partial charge in [0.1, 0.15) is 5.82 Å². The molecule has 0 saturated heterocycles. The minimum Gasteiger partial charge on any atom is -0.221 e. The molecule has 0 aliphatic rings. The third kappa shape index (κ3) is 2.62. The fraction of sp³-hybridized carbons (Fsp3) is 0.200. The lowest BCUT2D eigenvalue weighted by molar-refractivity contribution is 0.625. The first-order valence-electron chi connectivity index (χ1n) is 6.27. The molecular weight excluding hydrogens is 241 g/mol. The second kappa shape index (κ2) is 4.80. The summed E-state index contributed by atoms with van der Waals surface area (Å²) in [6.45, 7) is 2.02. The number of hydrogen-bond acceptors (Lipinski definition) is 2. The van der Waals surface area contributed by atoms with Crippen molar-refractivity contribution in [2.24, 2.45) is 0 Å². The lowest BCUT2D eigenvalue weighted by Crippen LogP contribution is -1.95. The number of pyridine rings is 1. The van der Waals surface area contributed by atoms with Gasteiger partial charge in [-0.1, -0.05) is 18.2 Å². The van der Waals surface area contributed by atoms with Gasteiger partial charge >= 0.3 is 0 Å². The molecule has 3 rings (SSSR count). The molecule has 2 aromatic heterocycles. The monoisotopic (exact) mass is 255 g/mol. The normalized spacial score (nSPS) is 11.1. The molecule has 3 nitrogen and oxygen atoms in total. The summed E-state index contributed by atoms with van der Waals surface area (Å²) in [6.07, 6.45) is 3.41. The maximum absolute atomic E-state index is 13.1. The first-order valence-corrected chi connectivity index (χ1v) is 6.27. The third-order valence-corrected chi connectivity index (χ3v) is 3.05. The average molecular weight is 255 g/mol. The van der Waals surface area contributed by atoms with Crippen LogP contribution in [-0.2, 0) is 12.8 Å². The third-order valence-electron chi connectivity index (χ3n) is 3.05. The number of benzene rings is 1. The van der Waals surface area contributed by atoms with Gasteiger partial charge in [-0.05, 0) is 42.7 Å². The zero-order valence-corrected chi connectivity index (χ0v) is 10.7. The molecule has 0 atom stereocenters. The Kier molecular flexibility index (Phi) is 2.99. The van der Waals surface area contributed by atoms with E-state index in [0.29, 0.717) is 6.42 Å². The molecule has 1 aromatic carbocycles. The number of fused-ring (bicyclic) bond motifs is 1. The number of rotatable bonds is 3. The van der Waals surface area contributed by atoms with Crippen molar-refractivity contribution in [3.63, 3.8) is 0 Å². The zero-order chi connectivity index (χ0) is 13.2. The number of aryl methyl sites for hydroxylation is 3. The van der Waals surface area contributed by atoms with E-state index in [-0.39, 0.29) is 5.82 Å². The number of hydrogen-bond donors (Lipinski definition) is 0. The van der Waals surface area contributed by atoms with Crippen LogP contribution in [0.2, 0.25) is 0 Å². The van der Waals surface area contributed by atoms with Gasteiger partial charge in [0.05, 0.1) is 0 Å². The van der Waals surface area contributed by atoms with Crippen LogP contribution in [0.5, 0.6) is 0 Å². The molecule has 3 aromatic rings. The Bertz CT molecular complexity index is 718. The van der Waals surface area contributed by atoms with Crippen molar-refractivity contribution in [2.45, 2.75) is 19.8 Å². The highest BCUT2D eigenvalue weighted by Crippen LogP contribution is 2.09. The van der Waals surface area contributed by atoms with Crippen molar-refractivity contribution in [1.82, 2.24) is 14.6 Å². The number of halogens is 1. The Morgan fingerprint density at radius 1 is 1.16 bits per heavy atom. The van der Waals surface area contributed by atoms with Gasteiger partial charge in [0.2, 0.25) is 0 Å². The molecule has 0 unspecified atom stereocenters. The fourth-order valence-corrected chi connectivity index (χ4v) is 2.09. The molecule has 0 aliphatic carbocycles. The van der Waals surface area contributed by atoms with Crippen molar-refractivity contribution < 1.29 is 4.39 Å². The highest BCUT2D eigenvalue weighted by atomic mass is 19.1. The Morgan fingerprint density at radius 2 is 2.05 bits per heavy atom. The van der Waals surface area contributed by atoms with Crippen LogP contribution in [0, 0.1) is 12.7 Å². The molecule has 0 aliphatic heterocycles. The molecule has 0 spiro atoms. The van der Waals surface area contributed by atoms with Crippen molar-refractivity contribution in [1.29, 1.82) is 0 Å². The molecule has 19 heavy (non-hydrogen) atoms. The summed E-state index contributed by atoms with van der Waals surface area (Å²) < 4.78 is 14.9. The first kappa shape index (κ1) is 11.8.